The van der Waals surface area contributed by atoms with Gasteiger partial charge in [-0.25, -0.2) is 0 Å². The van der Waals surface area contributed by atoms with Crippen LogP contribution in [0.25, 0.3) is 0 Å². The predicted octanol–water partition coefficient (Wildman–Crippen LogP) is 2.51. The predicted molar refractivity (Wildman–Crippen MR) is 75.9 cm³/mol. The summed E-state index contributed by atoms with van der Waals surface area (Å²) in [5.74, 6) is -0.331. The first kappa shape index (κ1) is 16.2. The fourth-order valence-corrected chi connectivity index (χ4v) is 1.99. The summed E-state index contributed by atoms with van der Waals surface area (Å²) in [5, 5.41) is 13.4. The van der Waals surface area contributed by atoms with Crippen LogP contribution in [0, 0.1) is 0 Å². The molecule has 19 heavy (non-hydrogen) atoms. The van der Waals surface area contributed by atoms with E-state index in [0.717, 1.165) is 0 Å². The first-order valence-electron chi connectivity index (χ1n) is 5.80. The SMILES string of the molecule is COCCC(C)(O)CNC(=O)c1cc(Cl)cc(Cl)c1. The molecule has 1 rings (SSSR count). The highest BCUT2D eigenvalue weighted by atomic mass is 35.5. The van der Waals surface area contributed by atoms with E-state index in [1.807, 2.05) is 0 Å². The molecule has 0 heterocycles. The maximum atomic E-state index is 11.9. The van der Waals surface area contributed by atoms with E-state index >= 15 is 0 Å². The van der Waals surface area contributed by atoms with Gasteiger partial charge in [0.1, 0.15) is 0 Å². The molecule has 0 fully saturated rings. The highest BCUT2D eigenvalue weighted by Crippen LogP contribution is 2.19. The topological polar surface area (TPSA) is 58.6 Å². The monoisotopic (exact) mass is 305 g/mol. The second kappa shape index (κ2) is 7.10. The third-order valence-electron chi connectivity index (χ3n) is 2.60. The van der Waals surface area contributed by atoms with Crippen LogP contribution in [0.5, 0.6) is 0 Å². The maximum Gasteiger partial charge on any atom is 0.251 e. The largest absolute Gasteiger partial charge is 0.388 e. The highest BCUT2D eigenvalue weighted by Gasteiger charge is 2.21. The lowest BCUT2D eigenvalue weighted by molar-refractivity contribution is 0.0243. The lowest BCUT2D eigenvalue weighted by atomic mass is 10.0. The van der Waals surface area contributed by atoms with Gasteiger partial charge in [-0.15, -0.1) is 0 Å². The van der Waals surface area contributed by atoms with Crippen molar-refractivity contribution in [1.29, 1.82) is 0 Å². The van der Waals surface area contributed by atoms with Gasteiger partial charge >= 0.3 is 0 Å². The van der Waals surface area contributed by atoms with Crippen molar-refractivity contribution in [1.82, 2.24) is 5.32 Å². The number of carbonyl (C=O) groups is 1. The molecule has 0 aliphatic heterocycles. The normalized spacial score (nSPS) is 13.9. The molecule has 0 aliphatic carbocycles. The van der Waals surface area contributed by atoms with Crippen LogP contribution in [-0.4, -0.2) is 36.9 Å². The summed E-state index contributed by atoms with van der Waals surface area (Å²) in [4.78, 5) is 11.9. The molecular formula is C13H17Cl2NO3. The molecule has 1 aromatic rings. The van der Waals surface area contributed by atoms with Crippen molar-refractivity contribution >= 4 is 29.1 Å². The van der Waals surface area contributed by atoms with Crippen LogP contribution in [0.4, 0.5) is 0 Å². The second-order valence-corrected chi connectivity index (χ2v) is 5.45. The first-order valence-corrected chi connectivity index (χ1v) is 6.55. The van der Waals surface area contributed by atoms with Crippen LogP contribution in [0.2, 0.25) is 10.0 Å². The van der Waals surface area contributed by atoms with Crippen molar-refractivity contribution in [2.45, 2.75) is 18.9 Å². The van der Waals surface area contributed by atoms with E-state index in [2.05, 4.69) is 5.32 Å². The maximum absolute atomic E-state index is 11.9. The van der Waals surface area contributed by atoms with Gasteiger partial charge in [0.05, 0.1) is 5.60 Å². The van der Waals surface area contributed by atoms with Gasteiger partial charge in [-0.1, -0.05) is 23.2 Å². The number of carbonyl (C=O) groups excluding carboxylic acids is 1. The highest BCUT2D eigenvalue weighted by molar-refractivity contribution is 6.35. The summed E-state index contributed by atoms with van der Waals surface area (Å²) in [7, 11) is 1.56. The minimum absolute atomic E-state index is 0.124. The third kappa shape index (κ3) is 5.78. The Morgan fingerprint density at radius 1 is 1.37 bits per heavy atom. The van der Waals surface area contributed by atoms with E-state index in [4.69, 9.17) is 27.9 Å². The Morgan fingerprint density at radius 3 is 2.47 bits per heavy atom. The third-order valence-corrected chi connectivity index (χ3v) is 3.04. The van der Waals surface area contributed by atoms with Gasteiger partial charge in [0.2, 0.25) is 0 Å². The molecule has 0 aliphatic rings. The number of aliphatic hydroxyl groups is 1. The van der Waals surface area contributed by atoms with Gasteiger partial charge < -0.3 is 15.2 Å². The van der Waals surface area contributed by atoms with E-state index in [-0.39, 0.29) is 12.5 Å². The first-order chi connectivity index (χ1) is 8.84. The van der Waals surface area contributed by atoms with Crippen LogP contribution in [0.1, 0.15) is 23.7 Å². The van der Waals surface area contributed by atoms with Gasteiger partial charge in [-0.3, -0.25) is 4.79 Å². The lowest BCUT2D eigenvalue weighted by Gasteiger charge is -2.23. The zero-order valence-corrected chi connectivity index (χ0v) is 12.4. The molecule has 1 amide bonds. The molecule has 0 radical (unpaired) electrons. The van der Waals surface area contributed by atoms with Crippen molar-refractivity contribution in [2.24, 2.45) is 0 Å². The van der Waals surface area contributed by atoms with Crippen molar-refractivity contribution in [3.63, 3.8) is 0 Å². The van der Waals surface area contributed by atoms with Crippen molar-refractivity contribution in [3.8, 4) is 0 Å². The summed E-state index contributed by atoms with van der Waals surface area (Å²) in [6.45, 7) is 2.18. The van der Waals surface area contributed by atoms with Crippen molar-refractivity contribution in [2.75, 3.05) is 20.3 Å². The van der Waals surface area contributed by atoms with Gasteiger partial charge in [0, 0.05) is 42.3 Å². The van der Waals surface area contributed by atoms with E-state index in [1.54, 1.807) is 20.1 Å². The summed E-state index contributed by atoms with van der Waals surface area (Å²) in [6.07, 6.45) is 0.431. The molecule has 0 saturated carbocycles. The van der Waals surface area contributed by atoms with E-state index in [0.29, 0.717) is 28.6 Å². The molecular weight excluding hydrogens is 289 g/mol. The summed E-state index contributed by atoms with van der Waals surface area (Å²) in [6, 6.07) is 4.59. The fourth-order valence-electron chi connectivity index (χ4n) is 1.47. The number of rotatable bonds is 6. The van der Waals surface area contributed by atoms with E-state index < -0.39 is 5.60 Å². The Morgan fingerprint density at radius 2 is 1.95 bits per heavy atom. The average molecular weight is 306 g/mol. The van der Waals surface area contributed by atoms with Crippen molar-refractivity contribution in [3.05, 3.63) is 33.8 Å². The second-order valence-electron chi connectivity index (χ2n) is 4.58. The van der Waals surface area contributed by atoms with Crippen LogP contribution < -0.4 is 5.32 Å². The smallest absolute Gasteiger partial charge is 0.251 e. The fraction of sp³-hybridized carbons (Fsp3) is 0.462. The number of ether oxygens (including phenoxy) is 1. The number of methoxy groups -OCH3 is 1. The average Bonchev–Trinajstić information content (AvgIpc) is 2.32. The van der Waals surface area contributed by atoms with Gasteiger partial charge in [-0.05, 0) is 25.1 Å². The Balaban J connectivity index is 2.60. The van der Waals surface area contributed by atoms with Crippen LogP contribution in [0.15, 0.2) is 18.2 Å². The molecule has 1 unspecified atom stereocenters. The van der Waals surface area contributed by atoms with Crippen LogP contribution >= 0.6 is 23.2 Å². The van der Waals surface area contributed by atoms with Crippen molar-refractivity contribution < 1.29 is 14.6 Å². The Bertz CT molecular complexity index is 429. The Labute approximate surface area is 122 Å². The molecule has 0 saturated heterocycles. The van der Waals surface area contributed by atoms with Gasteiger partial charge in [-0.2, -0.15) is 0 Å². The zero-order chi connectivity index (χ0) is 14.5. The number of halogens is 2. The molecule has 0 bridgehead atoms. The Hall–Kier alpha value is -0.810. The number of benzene rings is 1. The molecule has 2 N–H and O–H groups in total. The molecule has 0 spiro atoms. The van der Waals surface area contributed by atoms with Gasteiger partial charge in [0.15, 0.2) is 0 Å². The van der Waals surface area contributed by atoms with E-state index in [9.17, 15) is 9.90 Å². The standard InChI is InChI=1S/C13H17Cl2NO3/c1-13(18,3-4-19-2)8-16-12(17)9-5-10(14)7-11(15)6-9/h5-7,18H,3-4,8H2,1-2H3,(H,16,17). The van der Waals surface area contributed by atoms with Crippen LogP contribution in [-0.2, 0) is 4.74 Å². The summed E-state index contributed by atoms with van der Waals surface area (Å²) >= 11 is 11.6. The van der Waals surface area contributed by atoms with E-state index in [1.165, 1.54) is 12.1 Å². The number of amides is 1. The minimum atomic E-state index is -1.02. The summed E-state index contributed by atoms with van der Waals surface area (Å²) in [5.41, 5.74) is -0.659. The molecule has 4 nitrogen and oxygen atoms in total. The minimum Gasteiger partial charge on any atom is -0.388 e. The molecule has 106 valence electrons. The van der Waals surface area contributed by atoms with Gasteiger partial charge in [0.25, 0.3) is 5.91 Å². The quantitative estimate of drug-likeness (QED) is 0.849. The number of hydrogen-bond donors (Lipinski definition) is 2. The Kier molecular flexibility index (Phi) is 6.07. The summed E-state index contributed by atoms with van der Waals surface area (Å²) < 4.78 is 4.89. The molecule has 6 heteroatoms. The molecule has 1 atom stereocenters. The lowest BCUT2D eigenvalue weighted by Crippen LogP contribution is -2.41. The molecule has 0 aromatic heterocycles. The number of nitrogens with one attached hydrogen (secondary N) is 1. The molecule has 1 aromatic carbocycles. The van der Waals surface area contributed by atoms with Crippen LogP contribution in [0.3, 0.4) is 0 Å². The zero-order valence-electron chi connectivity index (χ0n) is 10.9. The number of hydrogen-bond acceptors (Lipinski definition) is 3.